The van der Waals surface area contributed by atoms with Crippen LogP contribution < -0.4 is 0 Å². The third kappa shape index (κ3) is 5.28. The number of carboxylic acids is 1. The number of hydrogen-bond acceptors (Lipinski definition) is 3. The third-order valence-corrected chi connectivity index (χ3v) is 3.81. The van der Waals surface area contributed by atoms with Crippen LogP contribution in [0.4, 0.5) is 8.78 Å². The second-order valence-electron chi connectivity index (χ2n) is 5.75. The lowest BCUT2D eigenvalue weighted by atomic mass is 10.1. The average molecular weight is 328 g/mol. The number of hydrogen-bond donors (Lipinski definition) is 1. The smallest absolute Gasteiger partial charge is 0.317 e. The van der Waals surface area contributed by atoms with Crippen molar-refractivity contribution >= 4 is 11.9 Å². The van der Waals surface area contributed by atoms with Crippen LogP contribution in [0.25, 0.3) is 0 Å². The molecule has 23 heavy (non-hydrogen) atoms. The predicted molar refractivity (Wildman–Crippen MR) is 81.9 cm³/mol. The first-order chi connectivity index (χ1) is 10.6. The molecule has 7 heteroatoms. The SMILES string of the molecule is CC(C)N(CC(=O)O)CC(=O)N(C)C(C)c1ccc(F)c(F)c1. The normalized spacial score (nSPS) is 12.5. The molecule has 0 aromatic heterocycles. The molecular formula is C16H22F2N2O3. The summed E-state index contributed by atoms with van der Waals surface area (Å²) in [6.07, 6.45) is 0. The largest absolute Gasteiger partial charge is 0.480 e. The average Bonchev–Trinajstić information content (AvgIpc) is 2.47. The molecular weight excluding hydrogens is 306 g/mol. The summed E-state index contributed by atoms with van der Waals surface area (Å²) >= 11 is 0. The molecule has 1 rings (SSSR count). The van der Waals surface area contributed by atoms with Gasteiger partial charge >= 0.3 is 5.97 Å². The van der Waals surface area contributed by atoms with Crippen molar-refractivity contribution < 1.29 is 23.5 Å². The first kappa shape index (κ1) is 19.0. The summed E-state index contributed by atoms with van der Waals surface area (Å²) < 4.78 is 26.3. The number of carbonyl (C=O) groups excluding carboxylic acids is 1. The second kappa shape index (κ2) is 8.01. The number of rotatable bonds is 7. The first-order valence-electron chi connectivity index (χ1n) is 7.30. The molecule has 0 saturated heterocycles. The van der Waals surface area contributed by atoms with Gasteiger partial charge in [0.1, 0.15) is 0 Å². The van der Waals surface area contributed by atoms with Gasteiger partial charge in [-0.15, -0.1) is 0 Å². The van der Waals surface area contributed by atoms with E-state index < -0.39 is 23.6 Å². The number of nitrogens with zero attached hydrogens (tertiary/aromatic N) is 2. The molecule has 1 amide bonds. The molecule has 0 radical (unpaired) electrons. The first-order valence-corrected chi connectivity index (χ1v) is 7.30. The van der Waals surface area contributed by atoms with E-state index >= 15 is 0 Å². The maximum absolute atomic E-state index is 13.3. The number of carboxylic acid groups (broad SMARTS) is 1. The molecule has 1 aromatic rings. The second-order valence-corrected chi connectivity index (χ2v) is 5.75. The van der Waals surface area contributed by atoms with Crippen LogP contribution in [-0.2, 0) is 9.59 Å². The molecule has 0 fully saturated rings. The number of amides is 1. The molecule has 1 unspecified atom stereocenters. The zero-order valence-corrected chi connectivity index (χ0v) is 13.7. The predicted octanol–water partition coefficient (Wildman–Crippen LogP) is 2.28. The van der Waals surface area contributed by atoms with E-state index in [2.05, 4.69) is 0 Å². The van der Waals surface area contributed by atoms with Crippen LogP contribution in [0.15, 0.2) is 18.2 Å². The van der Waals surface area contributed by atoms with Crippen molar-refractivity contribution in [3.8, 4) is 0 Å². The molecule has 0 spiro atoms. The molecule has 1 N–H and O–H groups in total. The highest BCUT2D eigenvalue weighted by molar-refractivity contribution is 5.79. The van der Waals surface area contributed by atoms with Gasteiger partial charge in [0.25, 0.3) is 0 Å². The van der Waals surface area contributed by atoms with Crippen molar-refractivity contribution in [2.24, 2.45) is 0 Å². The molecule has 128 valence electrons. The van der Waals surface area contributed by atoms with Crippen LogP contribution in [-0.4, -0.2) is 53.0 Å². The van der Waals surface area contributed by atoms with Gasteiger partial charge in [0.2, 0.25) is 5.91 Å². The lowest BCUT2D eigenvalue weighted by Gasteiger charge is -2.30. The van der Waals surface area contributed by atoms with E-state index in [4.69, 9.17) is 5.11 Å². The fourth-order valence-corrected chi connectivity index (χ4v) is 2.09. The highest BCUT2D eigenvalue weighted by Crippen LogP contribution is 2.21. The van der Waals surface area contributed by atoms with Crippen LogP contribution in [0.2, 0.25) is 0 Å². The van der Waals surface area contributed by atoms with Gasteiger partial charge in [0.15, 0.2) is 11.6 Å². The van der Waals surface area contributed by atoms with E-state index in [-0.39, 0.29) is 25.0 Å². The van der Waals surface area contributed by atoms with Crippen LogP contribution >= 0.6 is 0 Å². The summed E-state index contributed by atoms with van der Waals surface area (Å²) in [6, 6.07) is 2.93. The minimum atomic E-state index is -1.01. The van der Waals surface area contributed by atoms with E-state index in [9.17, 15) is 18.4 Å². The van der Waals surface area contributed by atoms with Gasteiger partial charge in [0.05, 0.1) is 19.1 Å². The summed E-state index contributed by atoms with van der Waals surface area (Å²) in [6.45, 7) is 5.00. The van der Waals surface area contributed by atoms with Gasteiger partial charge in [-0.3, -0.25) is 14.5 Å². The topological polar surface area (TPSA) is 60.9 Å². The Balaban J connectivity index is 2.81. The maximum Gasteiger partial charge on any atom is 0.317 e. The Bertz CT molecular complexity index is 578. The standard InChI is InChI=1S/C16H22F2N2O3/c1-10(2)20(9-16(22)23)8-15(21)19(4)11(3)12-5-6-13(17)14(18)7-12/h5-7,10-11H,8-9H2,1-4H3,(H,22,23). The number of carbonyl (C=O) groups is 2. The lowest BCUT2D eigenvalue weighted by molar-refractivity contribution is -0.140. The fourth-order valence-electron chi connectivity index (χ4n) is 2.09. The van der Waals surface area contributed by atoms with E-state index in [1.54, 1.807) is 27.8 Å². The fraction of sp³-hybridized carbons (Fsp3) is 0.500. The number of halogens is 2. The molecule has 0 aliphatic rings. The van der Waals surface area contributed by atoms with Gasteiger partial charge in [-0.2, -0.15) is 0 Å². The Morgan fingerprint density at radius 3 is 2.22 bits per heavy atom. The Morgan fingerprint density at radius 2 is 1.74 bits per heavy atom. The van der Waals surface area contributed by atoms with Gasteiger partial charge in [0, 0.05) is 13.1 Å². The molecule has 0 aliphatic carbocycles. The van der Waals surface area contributed by atoms with Crippen molar-refractivity contribution in [3.05, 3.63) is 35.4 Å². The number of aliphatic carboxylic acids is 1. The minimum absolute atomic E-state index is 0.0610. The molecule has 0 aliphatic heterocycles. The maximum atomic E-state index is 13.3. The Hall–Kier alpha value is -2.02. The summed E-state index contributed by atoms with van der Waals surface area (Å²) in [5.41, 5.74) is 0.467. The summed E-state index contributed by atoms with van der Waals surface area (Å²) in [5, 5.41) is 8.88. The quantitative estimate of drug-likeness (QED) is 0.834. The van der Waals surface area contributed by atoms with Crippen LogP contribution in [0, 0.1) is 11.6 Å². The molecule has 0 saturated carbocycles. The van der Waals surface area contributed by atoms with Gasteiger partial charge in [-0.05, 0) is 38.5 Å². The highest BCUT2D eigenvalue weighted by Gasteiger charge is 2.23. The van der Waals surface area contributed by atoms with Crippen molar-refractivity contribution in [3.63, 3.8) is 0 Å². The van der Waals surface area contributed by atoms with Crippen molar-refractivity contribution in [2.45, 2.75) is 32.9 Å². The van der Waals surface area contributed by atoms with E-state index in [0.717, 1.165) is 12.1 Å². The zero-order chi connectivity index (χ0) is 17.7. The van der Waals surface area contributed by atoms with Crippen LogP contribution in [0.5, 0.6) is 0 Å². The zero-order valence-electron chi connectivity index (χ0n) is 13.7. The summed E-state index contributed by atoms with van der Waals surface area (Å²) in [5.74, 6) is -3.22. The van der Waals surface area contributed by atoms with Crippen LogP contribution in [0.1, 0.15) is 32.4 Å². The van der Waals surface area contributed by atoms with Crippen molar-refractivity contribution in [1.82, 2.24) is 9.80 Å². The monoisotopic (exact) mass is 328 g/mol. The number of likely N-dealkylation sites (N-methyl/N-ethyl adjacent to an activating group) is 1. The summed E-state index contributed by atoms with van der Waals surface area (Å²) in [4.78, 5) is 26.1. The summed E-state index contributed by atoms with van der Waals surface area (Å²) in [7, 11) is 1.55. The van der Waals surface area contributed by atoms with Crippen LogP contribution in [0.3, 0.4) is 0 Å². The van der Waals surface area contributed by atoms with E-state index in [1.807, 2.05) is 0 Å². The number of benzene rings is 1. The molecule has 0 heterocycles. The third-order valence-electron chi connectivity index (χ3n) is 3.81. The highest BCUT2D eigenvalue weighted by atomic mass is 19.2. The molecule has 5 nitrogen and oxygen atoms in total. The van der Waals surface area contributed by atoms with Crippen molar-refractivity contribution in [2.75, 3.05) is 20.1 Å². The molecule has 1 aromatic carbocycles. The Morgan fingerprint density at radius 1 is 1.13 bits per heavy atom. The van der Waals surface area contributed by atoms with E-state index in [0.29, 0.717) is 5.56 Å². The van der Waals surface area contributed by atoms with Gasteiger partial charge < -0.3 is 10.0 Å². The van der Waals surface area contributed by atoms with Gasteiger partial charge in [-0.1, -0.05) is 6.07 Å². The van der Waals surface area contributed by atoms with Crippen molar-refractivity contribution in [1.29, 1.82) is 0 Å². The molecule has 0 bridgehead atoms. The molecule has 1 atom stereocenters. The Kier molecular flexibility index (Phi) is 6.62. The van der Waals surface area contributed by atoms with E-state index in [1.165, 1.54) is 15.9 Å². The van der Waals surface area contributed by atoms with Gasteiger partial charge in [-0.25, -0.2) is 8.78 Å². The lowest BCUT2D eigenvalue weighted by Crippen LogP contribution is -2.44. The Labute approximate surface area is 134 Å². The minimum Gasteiger partial charge on any atom is -0.480 e.